The van der Waals surface area contributed by atoms with Crippen molar-refractivity contribution >= 4 is 0 Å². The highest BCUT2D eigenvalue weighted by atomic mass is 16.3. The molecule has 13 heavy (non-hydrogen) atoms. The molecule has 0 radical (unpaired) electrons. The molecule has 0 amide bonds. The molecule has 70 valence electrons. The Morgan fingerprint density at radius 1 is 1.46 bits per heavy atom. The van der Waals surface area contributed by atoms with Gasteiger partial charge in [0.2, 0.25) is 0 Å². The van der Waals surface area contributed by atoms with Crippen LogP contribution >= 0.6 is 0 Å². The average molecular weight is 176 g/mol. The summed E-state index contributed by atoms with van der Waals surface area (Å²) in [6.07, 6.45) is 2.94. The van der Waals surface area contributed by atoms with Crippen LogP contribution in [-0.4, -0.2) is 5.11 Å². The molecule has 0 aliphatic heterocycles. The Kier molecular flexibility index (Phi) is 3.71. The van der Waals surface area contributed by atoms with Gasteiger partial charge in [-0.2, -0.15) is 0 Å². The molecule has 1 rings (SSSR count). The van der Waals surface area contributed by atoms with E-state index >= 15 is 0 Å². The summed E-state index contributed by atoms with van der Waals surface area (Å²) in [5.41, 5.74) is 2.25. The van der Waals surface area contributed by atoms with Crippen LogP contribution in [0.2, 0.25) is 0 Å². The van der Waals surface area contributed by atoms with Gasteiger partial charge in [-0.05, 0) is 24.0 Å². The van der Waals surface area contributed by atoms with Gasteiger partial charge in [0.1, 0.15) is 0 Å². The van der Waals surface area contributed by atoms with Crippen molar-refractivity contribution in [1.29, 1.82) is 0 Å². The number of rotatable bonds is 4. The van der Waals surface area contributed by atoms with E-state index in [4.69, 9.17) is 0 Å². The second-order valence-corrected chi connectivity index (χ2v) is 3.09. The number of hydrogen-bond acceptors (Lipinski definition) is 1. The fraction of sp³-hybridized carbons (Fsp3) is 0.333. The maximum absolute atomic E-state index is 9.76. The third-order valence-corrected chi connectivity index (χ3v) is 2.18. The fourth-order valence-electron chi connectivity index (χ4n) is 1.47. The monoisotopic (exact) mass is 176 g/mol. The smallest absolute Gasteiger partial charge is 0.0827 e. The summed E-state index contributed by atoms with van der Waals surface area (Å²) in [5, 5.41) is 9.76. The maximum Gasteiger partial charge on any atom is 0.0827 e. The normalized spacial score (nSPS) is 12.5. The highest BCUT2D eigenvalue weighted by Gasteiger charge is 2.08. The van der Waals surface area contributed by atoms with Gasteiger partial charge >= 0.3 is 0 Å². The zero-order valence-corrected chi connectivity index (χ0v) is 8.03. The first-order chi connectivity index (χ1) is 6.29. The van der Waals surface area contributed by atoms with Gasteiger partial charge in [-0.15, -0.1) is 6.58 Å². The molecule has 0 aliphatic carbocycles. The first-order valence-corrected chi connectivity index (χ1v) is 4.66. The lowest BCUT2D eigenvalue weighted by atomic mass is 9.99. The Bertz CT molecular complexity index is 278. The van der Waals surface area contributed by atoms with E-state index in [0.29, 0.717) is 6.42 Å². The predicted octanol–water partition coefficient (Wildman–Crippen LogP) is 2.86. The van der Waals surface area contributed by atoms with Crippen LogP contribution < -0.4 is 0 Å². The Hall–Kier alpha value is -1.08. The largest absolute Gasteiger partial charge is 0.388 e. The molecule has 1 heteroatoms. The van der Waals surface area contributed by atoms with Gasteiger partial charge in [0.05, 0.1) is 6.10 Å². The minimum absolute atomic E-state index is 0.395. The van der Waals surface area contributed by atoms with Crippen molar-refractivity contribution in [2.45, 2.75) is 25.9 Å². The maximum atomic E-state index is 9.76. The van der Waals surface area contributed by atoms with E-state index < -0.39 is 6.10 Å². The van der Waals surface area contributed by atoms with Crippen LogP contribution in [0.25, 0.3) is 0 Å². The van der Waals surface area contributed by atoms with E-state index in [1.165, 1.54) is 5.56 Å². The van der Waals surface area contributed by atoms with Crippen LogP contribution in [0.5, 0.6) is 0 Å². The van der Waals surface area contributed by atoms with Gasteiger partial charge in [0.15, 0.2) is 0 Å². The summed E-state index contributed by atoms with van der Waals surface area (Å²) in [6.45, 7) is 5.72. The van der Waals surface area contributed by atoms with Gasteiger partial charge in [0, 0.05) is 0 Å². The Labute approximate surface area is 79.7 Å². The fourth-order valence-corrected chi connectivity index (χ4v) is 1.47. The standard InChI is InChI=1S/C12H16O/c1-3-7-12(13)11-9-6-5-8-10(11)4-2/h3,5-6,8-9,12-13H,1,4,7H2,2H3. The van der Waals surface area contributed by atoms with Crippen molar-refractivity contribution < 1.29 is 5.11 Å². The first kappa shape index (κ1) is 10.0. The minimum Gasteiger partial charge on any atom is -0.388 e. The quantitative estimate of drug-likeness (QED) is 0.699. The van der Waals surface area contributed by atoms with E-state index in [2.05, 4.69) is 19.6 Å². The van der Waals surface area contributed by atoms with Gasteiger partial charge < -0.3 is 5.11 Å². The summed E-state index contributed by atoms with van der Waals surface area (Å²) < 4.78 is 0. The zero-order chi connectivity index (χ0) is 9.68. The molecule has 0 spiro atoms. The molecular weight excluding hydrogens is 160 g/mol. The van der Waals surface area contributed by atoms with E-state index in [0.717, 1.165) is 12.0 Å². The van der Waals surface area contributed by atoms with Gasteiger partial charge in [-0.3, -0.25) is 0 Å². The Balaban J connectivity index is 2.91. The van der Waals surface area contributed by atoms with Crippen LogP contribution in [0, 0.1) is 0 Å². The minimum atomic E-state index is -0.395. The molecule has 0 saturated heterocycles. The Morgan fingerprint density at radius 3 is 2.77 bits per heavy atom. The third kappa shape index (κ3) is 2.43. The van der Waals surface area contributed by atoms with Gasteiger partial charge in [-0.1, -0.05) is 37.3 Å². The van der Waals surface area contributed by atoms with Gasteiger partial charge in [0.25, 0.3) is 0 Å². The Morgan fingerprint density at radius 2 is 2.15 bits per heavy atom. The second-order valence-electron chi connectivity index (χ2n) is 3.09. The molecule has 1 nitrogen and oxygen atoms in total. The molecule has 0 heterocycles. The number of aliphatic hydroxyl groups excluding tert-OH is 1. The molecule has 1 N–H and O–H groups in total. The molecule has 1 atom stereocenters. The molecule has 0 aromatic heterocycles. The van der Waals surface area contributed by atoms with Crippen molar-refractivity contribution in [3.8, 4) is 0 Å². The highest BCUT2D eigenvalue weighted by molar-refractivity contribution is 5.29. The summed E-state index contributed by atoms with van der Waals surface area (Å²) >= 11 is 0. The van der Waals surface area contributed by atoms with E-state index in [1.807, 2.05) is 18.2 Å². The number of aryl methyl sites for hydroxylation is 1. The van der Waals surface area contributed by atoms with Crippen LogP contribution in [0.4, 0.5) is 0 Å². The van der Waals surface area contributed by atoms with E-state index in [1.54, 1.807) is 6.08 Å². The lowest BCUT2D eigenvalue weighted by Crippen LogP contribution is -1.99. The van der Waals surface area contributed by atoms with Crippen LogP contribution in [-0.2, 0) is 6.42 Å². The third-order valence-electron chi connectivity index (χ3n) is 2.18. The van der Waals surface area contributed by atoms with Crippen LogP contribution in [0.3, 0.4) is 0 Å². The van der Waals surface area contributed by atoms with Crippen molar-refractivity contribution in [3.63, 3.8) is 0 Å². The SMILES string of the molecule is C=CCC(O)c1ccccc1CC. The molecule has 0 fully saturated rings. The molecule has 0 bridgehead atoms. The number of aliphatic hydroxyl groups is 1. The van der Waals surface area contributed by atoms with Crippen LogP contribution in [0.1, 0.15) is 30.6 Å². The van der Waals surface area contributed by atoms with E-state index in [-0.39, 0.29) is 0 Å². The van der Waals surface area contributed by atoms with Crippen molar-refractivity contribution in [3.05, 3.63) is 48.0 Å². The molecular formula is C12H16O. The predicted molar refractivity (Wildman–Crippen MR) is 55.6 cm³/mol. The van der Waals surface area contributed by atoms with E-state index in [9.17, 15) is 5.11 Å². The number of hydrogen-bond donors (Lipinski definition) is 1. The lowest BCUT2D eigenvalue weighted by molar-refractivity contribution is 0.180. The molecule has 1 aromatic rings. The summed E-state index contributed by atoms with van der Waals surface area (Å²) in [7, 11) is 0. The van der Waals surface area contributed by atoms with Crippen molar-refractivity contribution in [1.82, 2.24) is 0 Å². The topological polar surface area (TPSA) is 20.2 Å². The molecule has 1 aromatic carbocycles. The van der Waals surface area contributed by atoms with Crippen LogP contribution in [0.15, 0.2) is 36.9 Å². The molecule has 0 aliphatic rings. The molecule has 0 saturated carbocycles. The number of benzene rings is 1. The average Bonchev–Trinajstić information content (AvgIpc) is 2.18. The summed E-state index contributed by atoms with van der Waals surface area (Å²) in [4.78, 5) is 0. The summed E-state index contributed by atoms with van der Waals surface area (Å²) in [5.74, 6) is 0. The van der Waals surface area contributed by atoms with Gasteiger partial charge in [-0.25, -0.2) is 0 Å². The zero-order valence-electron chi connectivity index (χ0n) is 8.03. The summed E-state index contributed by atoms with van der Waals surface area (Å²) in [6, 6.07) is 8.00. The second kappa shape index (κ2) is 4.83. The van der Waals surface area contributed by atoms with Crippen molar-refractivity contribution in [2.24, 2.45) is 0 Å². The first-order valence-electron chi connectivity index (χ1n) is 4.66. The van der Waals surface area contributed by atoms with Crippen molar-refractivity contribution in [2.75, 3.05) is 0 Å². The highest BCUT2D eigenvalue weighted by Crippen LogP contribution is 2.21. The molecule has 1 unspecified atom stereocenters. The lowest BCUT2D eigenvalue weighted by Gasteiger charge is -2.12.